The summed E-state index contributed by atoms with van der Waals surface area (Å²) in [5, 5.41) is 14.5. The molecule has 0 heterocycles. The van der Waals surface area contributed by atoms with Crippen LogP contribution in [0.25, 0.3) is 0 Å². The van der Waals surface area contributed by atoms with Crippen LogP contribution in [0.1, 0.15) is 33.1 Å². The van der Waals surface area contributed by atoms with Gasteiger partial charge in [0, 0.05) is 12.6 Å². The molecule has 0 saturated heterocycles. The van der Waals surface area contributed by atoms with E-state index in [1.807, 2.05) is 0 Å². The van der Waals surface area contributed by atoms with Gasteiger partial charge in [0.15, 0.2) is 0 Å². The van der Waals surface area contributed by atoms with Gasteiger partial charge in [0.1, 0.15) is 0 Å². The maximum atomic E-state index is 11.3. The average molecular weight is 200 g/mol. The summed E-state index contributed by atoms with van der Waals surface area (Å²) in [7, 11) is 0. The lowest BCUT2D eigenvalue weighted by atomic mass is 10.1. The van der Waals surface area contributed by atoms with Crippen molar-refractivity contribution in [2.75, 3.05) is 6.54 Å². The number of hydrogen-bond donors (Lipinski definition) is 3. The van der Waals surface area contributed by atoms with E-state index < -0.39 is 6.10 Å². The number of rotatable bonds is 3. The molecular weight excluding hydrogens is 180 g/mol. The van der Waals surface area contributed by atoms with Crippen molar-refractivity contribution in [3.8, 4) is 0 Å². The molecule has 0 bridgehead atoms. The molecule has 1 rings (SSSR count). The van der Waals surface area contributed by atoms with Crippen molar-refractivity contribution < 1.29 is 9.90 Å². The SMILES string of the molecule is C[C@@H]1CC[C@H](NC(=O)NC[C@H](C)O)C1. The van der Waals surface area contributed by atoms with E-state index in [9.17, 15) is 4.79 Å². The first-order valence-corrected chi connectivity index (χ1v) is 5.30. The Labute approximate surface area is 85.1 Å². The first kappa shape index (κ1) is 11.3. The van der Waals surface area contributed by atoms with Gasteiger partial charge in [0.25, 0.3) is 0 Å². The first-order chi connectivity index (χ1) is 6.58. The molecule has 1 aliphatic rings. The molecule has 0 aliphatic heterocycles. The molecule has 0 radical (unpaired) electrons. The summed E-state index contributed by atoms with van der Waals surface area (Å²) in [6.07, 6.45) is 2.86. The van der Waals surface area contributed by atoms with Gasteiger partial charge in [-0.3, -0.25) is 0 Å². The number of urea groups is 1. The van der Waals surface area contributed by atoms with Crippen molar-refractivity contribution in [1.82, 2.24) is 10.6 Å². The molecule has 1 aliphatic carbocycles. The summed E-state index contributed by atoms with van der Waals surface area (Å²) < 4.78 is 0. The van der Waals surface area contributed by atoms with Crippen molar-refractivity contribution in [3.63, 3.8) is 0 Å². The Kier molecular flexibility index (Phi) is 4.20. The molecule has 4 heteroatoms. The molecular formula is C10H20N2O2. The van der Waals surface area contributed by atoms with Crippen LogP contribution in [-0.2, 0) is 0 Å². The van der Waals surface area contributed by atoms with Crippen LogP contribution in [0, 0.1) is 5.92 Å². The molecule has 0 unspecified atom stereocenters. The number of aliphatic hydroxyl groups excluding tert-OH is 1. The van der Waals surface area contributed by atoms with E-state index in [2.05, 4.69) is 17.6 Å². The summed E-state index contributed by atoms with van der Waals surface area (Å²) in [6.45, 7) is 4.17. The fraction of sp³-hybridized carbons (Fsp3) is 0.900. The zero-order valence-electron chi connectivity index (χ0n) is 8.92. The van der Waals surface area contributed by atoms with E-state index in [-0.39, 0.29) is 6.03 Å². The van der Waals surface area contributed by atoms with Crippen LogP contribution >= 0.6 is 0 Å². The summed E-state index contributed by atoms with van der Waals surface area (Å²) in [5.41, 5.74) is 0. The summed E-state index contributed by atoms with van der Waals surface area (Å²) in [5.74, 6) is 0.720. The van der Waals surface area contributed by atoms with E-state index >= 15 is 0 Å². The lowest BCUT2D eigenvalue weighted by Crippen LogP contribution is -2.43. The maximum Gasteiger partial charge on any atom is 0.315 e. The smallest absolute Gasteiger partial charge is 0.315 e. The number of amides is 2. The topological polar surface area (TPSA) is 61.4 Å². The van der Waals surface area contributed by atoms with Gasteiger partial charge >= 0.3 is 6.03 Å². The van der Waals surface area contributed by atoms with Gasteiger partial charge in [-0.1, -0.05) is 6.92 Å². The minimum Gasteiger partial charge on any atom is -0.392 e. The number of aliphatic hydroxyl groups is 1. The largest absolute Gasteiger partial charge is 0.392 e. The number of hydrogen-bond acceptors (Lipinski definition) is 2. The monoisotopic (exact) mass is 200 g/mol. The lowest BCUT2D eigenvalue weighted by molar-refractivity contribution is 0.186. The average Bonchev–Trinajstić information content (AvgIpc) is 2.48. The van der Waals surface area contributed by atoms with Crippen molar-refractivity contribution >= 4 is 6.03 Å². The van der Waals surface area contributed by atoms with Crippen LogP contribution in [0.15, 0.2) is 0 Å². The van der Waals surface area contributed by atoms with E-state index in [1.54, 1.807) is 6.92 Å². The fourth-order valence-electron chi connectivity index (χ4n) is 1.82. The molecule has 3 N–H and O–H groups in total. The maximum absolute atomic E-state index is 11.3. The van der Waals surface area contributed by atoms with Crippen LogP contribution in [0.5, 0.6) is 0 Å². The Balaban J connectivity index is 2.14. The second-order valence-electron chi connectivity index (χ2n) is 4.32. The highest BCUT2D eigenvalue weighted by atomic mass is 16.3. The summed E-state index contributed by atoms with van der Waals surface area (Å²) >= 11 is 0. The molecule has 82 valence electrons. The third kappa shape index (κ3) is 3.96. The second kappa shape index (κ2) is 5.20. The zero-order valence-corrected chi connectivity index (χ0v) is 8.92. The molecule has 1 saturated carbocycles. The lowest BCUT2D eigenvalue weighted by Gasteiger charge is -2.14. The Hall–Kier alpha value is -0.770. The van der Waals surface area contributed by atoms with Crippen LogP contribution in [0.3, 0.4) is 0 Å². The van der Waals surface area contributed by atoms with Crippen LogP contribution in [0.2, 0.25) is 0 Å². The van der Waals surface area contributed by atoms with Crippen molar-refractivity contribution in [2.24, 2.45) is 5.92 Å². The van der Waals surface area contributed by atoms with Crippen molar-refractivity contribution in [3.05, 3.63) is 0 Å². The molecule has 0 spiro atoms. The van der Waals surface area contributed by atoms with E-state index in [1.165, 1.54) is 6.42 Å². The Morgan fingerprint density at radius 3 is 2.79 bits per heavy atom. The summed E-state index contributed by atoms with van der Waals surface area (Å²) in [6, 6.07) is 0.156. The molecule has 3 atom stereocenters. The Bertz CT molecular complexity index is 195. The highest BCUT2D eigenvalue weighted by Crippen LogP contribution is 2.24. The van der Waals surface area contributed by atoms with Gasteiger partial charge in [0.05, 0.1) is 6.10 Å². The number of carbonyl (C=O) groups excluding carboxylic acids is 1. The minimum atomic E-state index is -0.483. The third-order valence-electron chi connectivity index (χ3n) is 2.59. The first-order valence-electron chi connectivity index (χ1n) is 5.30. The van der Waals surface area contributed by atoms with E-state index in [0.29, 0.717) is 12.6 Å². The third-order valence-corrected chi connectivity index (χ3v) is 2.59. The van der Waals surface area contributed by atoms with Gasteiger partial charge in [-0.15, -0.1) is 0 Å². The van der Waals surface area contributed by atoms with Crippen LogP contribution in [0.4, 0.5) is 4.79 Å². The number of nitrogens with one attached hydrogen (secondary N) is 2. The molecule has 0 aromatic carbocycles. The van der Waals surface area contributed by atoms with Gasteiger partial charge in [-0.05, 0) is 32.1 Å². The molecule has 14 heavy (non-hydrogen) atoms. The predicted molar refractivity (Wildman–Crippen MR) is 55.0 cm³/mol. The minimum absolute atomic E-state index is 0.162. The normalized spacial score (nSPS) is 28.5. The van der Waals surface area contributed by atoms with E-state index in [0.717, 1.165) is 18.8 Å². The quantitative estimate of drug-likeness (QED) is 0.632. The number of carbonyl (C=O) groups is 1. The molecule has 2 amide bonds. The van der Waals surface area contributed by atoms with Crippen LogP contribution in [-0.4, -0.2) is 29.8 Å². The Morgan fingerprint density at radius 2 is 2.29 bits per heavy atom. The standard InChI is InChI=1S/C10H20N2O2/c1-7-3-4-9(5-7)12-10(14)11-6-8(2)13/h7-9,13H,3-6H2,1-2H3,(H2,11,12,14)/t7-,8+,9+/m1/s1. The molecule has 0 aromatic heterocycles. The van der Waals surface area contributed by atoms with Crippen molar-refractivity contribution in [1.29, 1.82) is 0 Å². The predicted octanol–water partition coefficient (Wildman–Crippen LogP) is 0.855. The Morgan fingerprint density at radius 1 is 1.57 bits per heavy atom. The zero-order chi connectivity index (χ0) is 10.6. The van der Waals surface area contributed by atoms with Gasteiger partial charge < -0.3 is 15.7 Å². The van der Waals surface area contributed by atoms with Gasteiger partial charge in [-0.2, -0.15) is 0 Å². The van der Waals surface area contributed by atoms with Gasteiger partial charge in [-0.25, -0.2) is 4.79 Å². The van der Waals surface area contributed by atoms with Crippen molar-refractivity contribution in [2.45, 2.75) is 45.3 Å². The molecule has 1 fully saturated rings. The molecule has 4 nitrogen and oxygen atoms in total. The molecule has 0 aromatic rings. The highest BCUT2D eigenvalue weighted by Gasteiger charge is 2.22. The van der Waals surface area contributed by atoms with Crippen LogP contribution < -0.4 is 10.6 Å². The van der Waals surface area contributed by atoms with Gasteiger partial charge in [0.2, 0.25) is 0 Å². The highest BCUT2D eigenvalue weighted by molar-refractivity contribution is 5.74. The second-order valence-corrected chi connectivity index (χ2v) is 4.32. The van der Waals surface area contributed by atoms with E-state index in [4.69, 9.17) is 5.11 Å². The summed E-state index contributed by atoms with van der Waals surface area (Å²) in [4.78, 5) is 11.3. The fourth-order valence-corrected chi connectivity index (χ4v) is 1.82.